The Kier molecular flexibility index (Phi) is 6.75. The van der Waals surface area contributed by atoms with Gasteiger partial charge in [0, 0.05) is 26.3 Å². The summed E-state index contributed by atoms with van der Waals surface area (Å²) in [5.41, 5.74) is 5.27. The van der Waals surface area contributed by atoms with Gasteiger partial charge in [0.1, 0.15) is 0 Å². The molecule has 4 N–H and O–H groups in total. The van der Waals surface area contributed by atoms with E-state index in [1.54, 1.807) is 0 Å². The Labute approximate surface area is 115 Å². The average molecular weight is 272 g/mol. The molecule has 0 radical (unpaired) electrons. The van der Waals surface area contributed by atoms with Crippen LogP contribution < -0.4 is 11.1 Å². The lowest BCUT2D eigenvalue weighted by atomic mass is 9.79. The second kappa shape index (κ2) is 7.82. The summed E-state index contributed by atoms with van der Waals surface area (Å²) in [5.74, 6) is 0.201. The number of ether oxygens (including phenoxy) is 1. The Morgan fingerprint density at radius 3 is 2.42 bits per heavy atom. The summed E-state index contributed by atoms with van der Waals surface area (Å²) in [6, 6.07) is 0. The van der Waals surface area contributed by atoms with Crippen molar-refractivity contribution in [2.45, 2.75) is 45.6 Å². The van der Waals surface area contributed by atoms with Crippen LogP contribution in [0.4, 0.5) is 0 Å². The van der Waals surface area contributed by atoms with Crippen LogP contribution >= 0.6 is 0 Å². The molecule has 0 aromatic rings. The van der Waals surface area contributed by atoms with E-state index in [0.29, 0.717) is 39.1 Å². The Bertz CT molecular complexity index is 274. The van der Waals surface area contributed by atoms with E-state index >= 15 is 0 Å². The quantitative estimate of drug-likeness (QED) is 0.635. The first kappa shape index (κ1) is 16.4. The molecule has 5 heteroatoms. The van der Waals surface area contributed by atoms with Crippen LogP contribution in [-0.4, -0.2) is 43.4 Å². The molecule has 0 bridgehead atoms. The Morgan fingerprint density at radius 1 is 1.37 bits per heavy atom. The first-order valence-corrected chi connectivity index (χ1v) is 7.33. The summed E-state index contributed by atoms with van der Waals surface area (Å²) in [4.78, 5) is 12.3. The molecule has 5 nitrogen and oxygen atoms in total. The lowest BCUT2D eigenvalue weighted by Crippen LogP contribution is -2.51. The third-order valence-electron chi connectivity index (χ3n) is 4.39. The van der Waals surface area contributed by atoms with Gasteiger partial charge in [-0.1, -0.05) is 26.7 Å². The van der Waals surface area contributed by atoms with Gasteiger partial charge in [0.2, 0.25) is 5.91 Å². The Balaban J connectivity index is 2.49. The molecule has 1 atom stereocenters. The van der Waals surface area contributed by atoms with Gasteiger partial charge in [0.05, 0.1) is 11.5 Å². The molecule has 0 aromatic carbocycles. The van der Waals surface area contributed by atoms with Crippen molar-refractivity contribution in [2.24, 2.45) is 17.1 Å². The molecule has 0 spiro atoms. The lowest BCUT2D eigenvalue weighted by Gasteiger charge is -2.35. The van der Waals surface area contributed by atoms with E-state index in [-0.39, 0.29) is 11.8 Å². The van der Waals surface area contributed by atoms with Crippen LogP contribution in [0.25, 0.3) is 0 Å². The number of rotatable bonds is 7. The SMILES string of the molecule is CCC(CC)C(O)CNC(=O)C1(CN)CCOCC1. The monoisotopic (exact) mass is 272 g/mol. The molecule has 1 fully saturated rings. The lowest BCUT2D eigenvalue weighted by molar-refractivity contribution is -0.136. The van der Waals surface area contributed by atoms with Crippen molar-refractivity contribution in [1.29, 1.82) is 0 Å². The van der Waals surface area contributed by atoms with Crippen LogP contribution in [0.1, 0.15) is 39.5 Å². The van der Waals surface area contributed by atoms with Crippen molar-refractivity contribution < 1.29 is 14.6 Å². The molecule has 0 aliphatic carbocycles. The van der Waals surface area contributed by atoms with Crippen molar-refractivity contribution in [2.75, 3.05) is 26.3 Å². The van der Waals surface area contributed by atoms with Gasteiger partial charge in [-0.05, 0) is 18.8 Å². The van der Waals surface area contributed by atoms with Gasteiger partial charge >= 0.3 is 0 Å². The number of carbonyl (C=O) groups is 1. The van der Waals surface area contributed by atoms with Gasteiger partial charge < -0.3 is 20.9 Å². The Morgan fingerprint density at radius 2 is 1.95 bits per heavy atom. The van der Waals surface area contributed by atoms with Gasteiger partial charge in [-0.25, -0.2) is 0 Å². The number of hydrogen-bond acceptors (Lipinski definition) is 4. The van der Waals surface area contributed by atoms with Gasteiger partial charge in [0.15, 0.2) is 0 Å². The molecule has 1 amide bonds. The van der Waals surface area contributed by atoms with Crippen LogP contribution in [-0.2, 0) is 9.53 Å². The van der Waals surface area contributed by atoms with Gasteiger partial charge in [-0.3, -0.25) is 4.79 Å². The molecular weight excluding hydrogens is 244 g/mol. The Hall–Kier alpha value is -0.650. The fourth-order valence-corrected chi connectivity index (χ4v) is 2.67. The van der Waals surface area contributed by atoms with Crippen molar-refractivity contribution in [3.05, 3.63) is 0 Å². The van der Waals surface area contributed by atoms with E-state index in [1.807, 2.05) is 0 Å². The minimum Gasteiger partial charge on any atom is -0.391 e. The van der Waals surface area contributed by atoms with Crippen molar-refractivity contribution in [3.63, 3.8) is 0 Å². The molecule has 0 aromatic heterocycles. The highest BCUT2D eigenvalue weighted by Gasteiger charge is 2.38. The fraction of sp³-hybridized carbons (Fsp3) is 0.929. The van der Waals surface area contributed by atoms with Gasteiger partial charge in [0.25, 0.3) is 0 Å². The third kappa shape index (κ3) is 4.16. The molecule has 1 heterocycles. The minimum absolute atomic E-state index is 0.0386. The van der Waals surface area contributed by atoms with E-state index in [1.165, 1.54) is 0 Å². The molecule has 1 aliphatic rings. The average Bonchev–Trinajstić information content (AvgIpc) is 2.46. The summed E-state index contributed by atoms with van der Waals surface area (Å²) in [7, 11) is 0. The topological polar surface area (TPSA) is 84.6 Å². The van der Waals surface area contributed by atoms with Gasteiger partial charge in [-0.15, -0.1) is 0 Å². The summed E-state index contributed by atoms with van der Waals surface area (Å²) in [6.07, 6.45) is 2.69. The zero-order valence-corrected chi connectivity index (χ0v) is 12.2. The zero-order valence-electron chi connectivity index (χ0n) is 12.2. The zero-order chi connectivity index (χ0) is 14.3. The predicted octanol–water partition coefficient (Wildman–Crippen LogP) is 0.655. The maximum atomic E-state index is 12.3. The predicted molar refractivity (Wildman–Crippen MR) is 74.6 cm³/mol. The summed E-state index contributed by atoms with van der Waals surface area (Å²) < 4.78 is 5.29. The highest BCUT2D eigenvalue weighted by Crippen LogP contribution is 2.29. The highest BCUT2D eigenvalue weighted by atomic mass is 16.5. The first-order chi connectivity index (χ1) is 9.09. The molecular formula is C14H28N2O3. The van der Waals surface area contributed by atoms with Crippen LogP contribution in [0.2, 0.25) is 0 Å². The summed E-state index contributed by atoms with van der Waals surface area (Å²) in [5, 5.41) is 12.9. The van der Waals surface area contributed by atoms with E-state index in [4.69, 9.17) is 10.5 Å². The number of nitrogens with one attached hydrogen (secondary N) is 1. The van der Waals surface area contributed by atoms with E-state index in [0.717, 1.165) is 12.8 Å². The van der Waals surface area contributed by atoms with E-state index in [2.05, 4.69) is 19.2 Å². The summed E-state index contributed by atoms with van der Waals surface area (Å²) in [6.45, 7) is 5.93. The van der Waals surface area contributed by atoms with Crippen LogP contribution in [0.3, 0.4) is 0 Å². The van der Waals surface area contributed by atoms with Gasteiger partial charge in [-0.2, -0.15) is 0 Å². The number of amides is 1. The highest BCUT2D eigenvalue weighted by molar-refractivity contribution is 5.83. The first-order valence-electron chi connectivity index (χ1n) is 7.33. The van der Waals surface area contributed by atoms with Crippen LogP contribution in [0.5, 0.6) is 0 Å². The fourth-order valence-electron chi connectivity index (χ4n) is 2.67. The van der Waals surface area contributed by atoms with Crippen molar-refractivity contribution >= 4 is 5.91 Å². The third-order valence-corrected chi connectivity index (χ3v) is 4.39. The molecule has 1 unspecified atom stereocenters. The molecule has 19 heavy (non-hydrogen) atoms. The number of aliphatic hydroxyl groups is 1. The second-order valence-corrected chi connectivity index (χ2v) is 5.45. The number of carbonyl (C=O) groups excluding carboxylic acids is 1. The molecule has 1 saturated heterocycles. The largest absolute Gasteiger partial charge is 0.391 e. The second-order valence-electron chi connectivity index (χ2n) is 5.45. The van der Waals surface area contributed by atoms with E-state index in [9.17, 15) is 9.90 Å². The van der Waals surface area contributed by atoms with Crippen molar-refractivity contribution in [3.8, 4) is 0 Å². The minimum atomic E-state index is -0.508. The van der Waals surface area contributed by atoms with E-state index < -0.39 is 11.5 Å². The van der Waals surface area contributed by atoms with Crippen LogP contribution in [0.15, 0.2) is 0 Å². The molecule has 0 saturated carbocycles. The molecule has 112 valence electrons. The molecule has 1 aliphatic heterocycles. The number of aliphatic hydroxyl groups excluding tert-OH is 1. The number of nitrogens with two attached hydrogens (primary N) is 1. The normalized spacial score (nSPS) is 20.3. The van der Waals surface area contributed by atoms with Crippen molar-refractivity contribution in [1.82, 2.24) is 5.32 Å². The number of hydrogen-bond donors (Lipinski definition) is 3. The standard InChI is InChI=1S/C14H28N2O3/c1-3-11(4-2)12(17)9-16-13(18)14(10-15)5-7-19-8-6-14/h11-12,17H,3-10,15H2,1-2H3,(H,16,18). The maximum absolute atomic E-state index is 12.3. The van der Waals surface area contributed by atoms with Crippen LogP contribution in [0, 0.1) is 11.3 Å². The maximum Gasteiger partial charge on any atom is 0.227 e. The smallest absolute Gasteiger partial charge is 0.227 e. The summed E-state index contributed by atoms with van der Waals surface area (Å²) >= 11 is 0. The molecule has 1 rings (SSSR count).